The Morgan fingerprint density at radius 1 is 1.11 bits per heavy atom. The first-order valence-electron chi connectivity index (χ1n) is 5.67. The molecule has 2 aromatic rings. The maximum absolute atomic E-state index is 12.4. The Morgan fingerprint density at radius 2 is 1.89 bits per heavy atom. The molecule has 19 heavy (non-hydrogen) atoms. The van der Waals surface area contributed by atoms with Crippen LogP contribution in [-0.4, -0.2) is 5.76 Å². The molecule has 0 fully saturated rings. The zero-order valence-corrected chi connectivity index (χ0v) is 12.3. The minimum Gasteiger partial charge on any atom is -0.380 e. The van der Waals surface area contributed by atoms with Crippen LogP contribution in [0.2, 0.25) is 0 Å². The number of nitrogens with one attached hydrogen (secondary N) is 1. The van der Waals surface area contributed by atoms with Crippen LogP contribution in [0.1, 0.15) is 5.56 Å². The molecular formula is C14H12BrF2NS. The van der Waals surface area contributed by atoms with Gasteiger partial charge in [0.2, 0.25) is 0 Å². The van der Waals surface area contributed by atoms with Crippen LogP contribution in [0.15, 0.2) is 57.9 Å². The van der Waals surface area contributed by atoms with Gasteiger partial charge in [-0.3, -0.25) is 0 Å². The Bertz CT molecular complexity index is 548. The lowest BCUT2D eigenvalue weighted by Gasteiger charge is -2.11. The van der Waals surface area contributed by atoms with Crippen molar-refractivity contribution in [2.45, 2.75) is 17.2 Å². The molecule has 0 unspecified atom stereocenters. The van der Waals surface area contributed by atoms with Gasteiger partial charge in [-0.2, -0.15) is 8.78 Å². The smallest absolute Gasteiger partial charge is 0.288 e. The molecule has 0 aliphatic heterocycles. The second-order valence-electron chi connectivity index (χ2n) is 3.86. The highest BCUT2D eigenvalue weighted by Gasteiger charge is 2.09. The van der Waals surface area contributed by atoms with E-state index in [9.17, 15) is 8.78 Å². The molecule has 2 rings (SSSR count). The van der Waals surface area contributed by atoms with Gasteiger partial charge in [-0.25, -0.2) is 0 Å². The van der Waals surface area contributed by atoms with Gasteiger partial charge in [-0.05, 0) is 29.8 Å². The zero-order valence-electron chi connectivity index (χ0n) is 9.95. The average Bonchev–Trinajstić information content (AvgIpc) is 2.37. The van der Waals surface area contributed by atoms with Crippen LogP contribution in [0.4, 0.5) is 14.5 Å². The number of thioether (sulfide) groups is 1. The van der Waals surface area contributed by atoms with E-state index in [2.05, 4.69) is 21.2 Å². The molecule has 5 heteroatoms. The van der Waals surface area contributed by atoms with Crippen molar-refractivity contribution < 1.29 is 8.78 Å². The van der Waals surface area contributed by atoms with Crippen molar-refractivity contribution in [2.24, 2.45) is 0 Å². The first kappa shape index (κ1) is 14.3. The quantitative estimate of drug-likeness (QED) is 0.731. The van der Waals surface area contributed by atoms with Crippen molar-refractivity contribution in [3.8, 4) is 0 Å². The Kier molecular flexibility index (Phi) is 5.22. The third kappa shape index (κ3) is 4.51. The standard InChI is InChI=1S/C14H12BrF2NS/c15-11-5-3-4-10(8-11)9-18-12-6-1-2-7-13(12)19-14(16)17/h1-8,14,18H,9H2. The van der Waals surface area contributed by atoms with E-state index in [1.54, 1.807) is 12.1 Å². The van der Waals surface area contributed by atoms with E-state index in [-0.39, 0.29) is 0 Å². The van der Waals surface area contributed by atoms with E-state index in [1.807, 2.05) is 36.4 Å². The Morgan fingerprint density at radius 3 is 2.63 bits per heavy atom. The van der Waals surface area contributed by atoms with Crippen LogP contribution in [0.3, 0.4) is 0 Å². The number of benzene rings is 2. The molecule has 2 aromatic carbocycles. The van der Waals surface area contributed by atoms with Gasteiger partial charge in [0.15, 0.2) is 0 Å². The summed E-state index contributed by atoms with van der Waals surface area (Å²) in [5, 5.41) is 3.19. The number of anilines is 1. The summed E-state index contributed by atoms with van der Waals surface area (Å²) in [6.45, 7) is 0.597. The maximum atomic E-state index is 12.4. The number of hydrogen-bond donors (Lipinski definition) is 1. The molecule has 100 valence electrons. The minimum atomic E-state index is -2.41. The summed E-state index contributed by atoms with van der Waals surface area (Å²) in [6.07, 6.45) is 0. The molecule has 0 aliphatic rings. The zero-order chi connectivity index (χ0) is 13.7. The first-order chi connectivity index (χ1) is 9.15. The minimum absolute atomic E-state index is 0.558. The van der Waals surface area contributed by atoms with Crippen LogP contribution in [-0.2, 0) is 6.54 Å². The van der Waals surface area contributed by atoms with Gasteiger partial charge in [-0.15, -0.1) is 0 Å². The van der Waals surface area contributed by atoms with Crippen molar-refractivity contribution in [1.82, 2.24) is 0 Å². The van der Waals surface area contributed by atoms with Crippen molar-refractivity contribution in [2.75, 3.05) is 5.32 Å². The highest BCUT2D eigenvalue weighted by molar-refractivity contribution is 9.10. The fourth-order valence-electron chi connectivity index (χ4n) is 1.66. The van der Waals surface area contributed by atoms with Crippen molar-refractivity contribution >= 4 is 33.4 Å². The van der Waals surface area contributed by atoms with Gasteiger partial charge in [-0.1, -0.05) is 52.0 Å². The summed E-state index contributed by atoms with van der Waals surface area (Å²) >= 11 is 3.96. The second-order valence-corrected chi connectivity index (χ2v) is 5.81. The van der Waals surface area contributed by atoms with E-state index in [1.165, 1.54) is 0 Å². The molecule has 0 bridgehead atoms. The van der Waals surface area contributed by atoms with Crippen LogP contribution < -0.4 is 5.32 Å². The highest BCUT2D eigenvalue weighted by Crippen LogP contribution is 2.31. The molecule has 0 radical (unpaired) electrons. The van der Waals surface area contributed by atoms with E-state index >= 15 is 0 Å². The molecule has 0 atom stereocenters. The molecule has 0 saturated carbocycles. The van der Waals surface area contributed by atoms with Gasteiger partial charge in [0.25, 0.3) is 5.76 Å². The Balaban J connectivity index is 2.07. The van der Waals surface area contributed by atoms with Gasteiger partial charge in [0, 0.05) is 21.6 Å². The SMILES string of the molecule is FC(F)Sc1ccccc1NCc1cccc(Br)c1. The number of alkyl halides is 2. The normalized spacial score (nSPS) is 10.7. The van der Waals surface area contributed by atoms with E-state index < -0.39 is 5.76 Å². The number of halogens is 3. The third-order valence-corrected chi connectivity index (χ3v) is 3.76. The average molecular weight is 344 g/mol. The lowest BCUT2D eigenvalue weighted by molar-refractivity contribution is 0.252. The molecule has 1 N–H and O–H groups in total. The fourth-order valence-corrected chi connectivity index (χ4v) is 2.72. The molecule has 0 saturated heterocycles. The largest absolute Gasteiger partial charge is 0.380 e. The van der Waals surface area contributed by atoms with Gasteiger partial charge in [0.05, 0.1) is 0 Å². The second kappa shape index (κ2) is 6.91. The van der Waals surface area contributed by atoms with Crippen molar-refractivity contribution in [1.29, 1.82) is 0 Å². The summed E-state index contributed by atoms with van der Waals surface area (Å²) < 4.78 is 25.9. The third-order valence-electron chi connectivity index (χ3n) is 2.48. The predicted octanol–water partition coefficient (Wildman–Crippen LogP) is 5.38. The van der Waals surface area contributed by atoms with Gasteiger partial charge >= 0.3 is 0 Å². The van der Waals surface area contributed by atoms with Gasteiger partial charge in [0.1, 0.15) is 0 Å². The summed E-state index contributed by atoms with van der Waals surface area (Å²) in [4.78, 5) is 0.562. The first-order valence-corrected chi connectivity index (χ1v) is 7.34. The van der Waals surface area contributed by atoms with Crippen LogP contribution in [0.25, 0.3) is 0 Å². The molecule has 0 aromatic heterocycles. The van der Waals surface area contributed by atoms with Crippen molar-refractivity contribution in [3.63, 3.8) is 0 Å². The fraction of sp³-hybridized carbons (Fsp3) is 0.143. The summed E-state index contributed by atoms with van der Waals surface area (Å²) in [5.74, 6) is -2.41. The lowest BCUT2D eigenvalue weighted by atomic mass is 10.2. The summed E-state index contributed by atoms with van der Waals surface area (Å²) in [7, 11) is 0. The van der Waals surface area contributed by atoms with E-state index in [0.717, 1.165) is 15.7 Å². The number of para-hydroxylation sites is 1. The summed E-state index contributed by atoms with van der Waals surface area (Å²) in [5.41, 5.74) is 1.82. The van der Waals surface area contributed by atoms with Gasteiger partial charge < -0.3 is 5.32 Å². The topological polar surface area (TPSA) is 12.0 Å². The number of rotatable bonds is 5. The Labute approximate surface area is 123 Å². The van der Waals surface area contributed by atoms with E-state index in [0.29, 0.717) is 23.2 Å². The maximum Gasteiger partial charge on any atom is 0.288 e. The van der Waals surface area contributed by atoms with Crippen LogP contribution in [0.5, 0.6) is 0 Å². The molecule has 0 aliphatic carbocycles. The Hall–Kier alpha value is -1.07. The van der Waals surface area contributed by atoms with Crippen LogP contribution >= 0.6 is 27.7 Å². The molecular weight excluding hydrogens is 332 g/mol. The summed E-state index contributed by atoms with van der Waals surface area (Å²) in [6, 6.07) is 15.0. The molecule has 0 amide bonds. The number of hydrogen-bond acceptors (Lipinski definition) is 2. The van der Waals surface area contributed by atoms with E-state index in [4.69, 9.17) is 0 Å². The molecule has 0 heterocycles. The molecule has 1 nitrogen and oxygen atoms in total. The lowest BCUT2D eigenvalue weighted by Crippen LogP contribution is -2.01. The molecule has 0 spiro atoms. The van der Waals surface area contributed by atoms with Crippen LogP contribution in [0, 0.1) is 0 Å². The van der Waals surface area contributed by atoms with Crippen molar-refractivity contribution in [3.05, 3.63) is 58.6 Å². The monoisotopic (exact) mass is 343 g/mol. The predicted molar refractivity (Wildman–Crippen MR) is 79.8 cm³/mol. The highest BCUT2D eigenvalue weighted by atomic mass is 79.9.